The number of ether oxygens (including phenoxy) is 2. The van der Waals surface area contributed by atoms with Crippen LogP contribution in [0.4, 0.5) is 5.69 Å². The van der Waals surface area contributed by atoms with Crippen LogP contribution in [0.5, 0.6) is 11.5 Å². The van der Waals surface area contributed by atoms with Crippen LogP contribution in [0.25, 0.3) is 0 Å². The number of pyridine rings is 1. The number of benzene rings is 2. The van der Waals surface area contributed by atoms with Gasteiger partial charge >= 0.3 is 0 Å². The largest absolute Gasteiger partial charge is 0.485 e. The van der Waals surface area contributed by atoms with E-state index in [2.05, 4.69) is 4.98 Å². The van der Waals surface area contributed by atoms with Gasteiger partial charge in [0.2, 0.25) is 6.10 Å². The Bertz CT molecular complexity index is 884. The van der Waals surface area contributed by atoms with Crippen molar-refractivity contribution in [3.05, 3.63) is 84.7 Å². The van der Waals surface area contributed by atoms with Gasteiger partial charge in [-0.2, -0.15) is 0 Å². The second kappa shape index (κ2) is 7.27. The number of fused-ring (bicyclic) bond motifs is 1. The molecule has 0 saturated heterocycles. The Morgan fingerprint density at radius 2 is 1.65 bits per heavy atom. The molecule has 26 heavy (non-hydrogen) atoms. The number of nitrogens with zero attached hydrogens (tertiary/aromatic N) is 2. The van der Waals surface area contributed by atoms with Crippen LogP contribution in [-0.4, -0.2) is 23.6 Å². The summed E-state index contributed by atoms with van der Waals surface area (Å²) in [7, 11) is 0. The molecule has 1 aromatic heterocycles. The molecule has 130 valence electrons. The molecule has 5 nitrogen and oxygen atoms in total. The number of carbonyl (C=O) groups is 1. The third-order valence-electron chi connectivity index (χ3n) is 4.21. The average Bonchev–Trinajstić information content (AvgIpc) is 2.72. The van der Waals surface area contributed by atoms with Crippen LogP contribution in [0, 0.1) is 0 Å². The fourth-order valence-corrected chi connectivity index (χ4v) is 2.89. The van der Waals surface area contributed by atoms with Crippen LogP contribution in [0.15, 0.2) is 79.1 Å². The summed E-state index contributed by atoms with van der Waals surface area (Å²) in [5, 5.41) is 0. The molecule has 2 aromatic carbocycles. The molecular weight excluding hydrogens is 328 g/mol. The van der Waals surface area contributed by atoms with E-state index < -0.39 is 6.10 Å². The SMILES string of the molecule is O=C([C@@H]1COc2ccccc2O1)N(Cc1ccncc1)c1ccccc1. The van der Waals surface area contributed by atoms with Crippen molar-refractivity contribution in [1.82, 2.24) is 4.98 Å². The van der Waals surface area contributed by atoms with E-state index in [4.69, 9.17) is 9.47 Å². The molecule has 0 fully saturated rings. The standard InChI is InChI=1S/C21H18N2O3/c24-21(20-15-25-18-8-4-5-9-19(18)26-20)23(17-6-2-1-3-7-17)14-16-10-12-22-13-11-16/h1-13,20H,14-15H2/t20-/m0/s1. The Hall–Kier alpha value is -3.34. The highest BCUT2D eigenvalue weighted by atomic mass is 16.6. The van der Waals surface area contributed by atoms with Gasteiger partial charge < -0.3 is 14.4 Å². The summed E-state index contributed by atoms with van der Waals surface area (Å²) >= 11 is 0. The van der Waals surface area contributed by atoms with Crippen LogP contribution in [0.3, 0.4) is 0 Å². The highest BCUT2D eigenvalue weighted by molar-refractivity contribution is 5.97. The second-order valence-electron chi connectivity index (χ2n) is 5.98. The van der Waals surface area contributed by atoms with Gasteiger partial charge in [-0.05, 0) is 42.0 Å². The van der Waals surface area contributed by atoms with E-state index in [0.29, 0.717) is 18.0 Å². The van der Waals surface area contributed by atoms with Gasteiger partial charge in [0.05, 0.1) is 6.54 Å². The van der Waals surface area contributed by atoms with Crippen molar-refractivity contribution in [3.8, 4) is 11.5 Å². The van der Waals surface area contributed by atoms with Gasteiger partial charge in [0.1, 0.15) is 6.61 Å². The van der Waals surface area contributed by atoms with E-state index in [1.807, 2.05) is 66.7 Å². The van der Waals surface area contributed by atoms with E-state index in [-0.39, 0.29) is 12.5 Å². The van der Waals surface area contributed by atoms with Crippen LogP contribution < -0.4 is 14.4 Å². The van der Waals surface area contributed by atoms with Crippen molar-refractivity contribution in [2.24, 2.45) is 0 Å². The minimum atomic E-state index is -0.688. The van der Waals surface area contributed by atoms with Crippen LogP contribution in [-0.2, 0) is 11.3 Å². The summed E-state index contributed by atoms with van der Waals surface area (Å²) in [6.45, 7) is 0.627. The topological polar surface area (TPSA) is 51.7 Å². The first-order valence-electron chi connectivity index (χ1n) is 8.45. The summed E-state index contributed by atoms with van der Waals surface area (Å²) in [4.78, 5) is 19.0. The molecule has 0 N–H and O–H groups in total. The number of anilines is 1. The monoisotopic (exact) mass is 346 g/mol. The van der Waals surface area contributed by atoms with Gasteiger partial charge in [-0.1, -0.05) is 30.3 Å². The summed E-state index contributed by atoms with van der Waals surface area (Å²) in [6.07, 6.45) is 2.76. The molecule has 5 heteroatoms. The Balaban J connectivity index is 1.60. The Morgan fingerprint density at radius 1 is 0.962 bits per heavy atom. The molecular formula is C21H18N2O3. The van der Waals surface area contributed by atoms with Gasteiger partial charge in [0.15, 0.2) is 11.5 Å². The maximum absolute atomic E-state index is 13.2. The van der Waals surface area contributed by atoms with Crippen LogP contribution >= 0.6 is 0 Å². The molecule has 0 radical (unpaired) electrons. The molecule has 2 heterocycles. The maximum atomic E-state index is 13.2. The average molecular weight is 346 g/mol. The van der Waals surface area contributed by atoms with Gasteiger partial charge in [-0.15, -0.1) is 0 Å². The lowest BCUT2D eigenvalue weighted by Crippen LogP contribution is -2.46. The lowest BCUT2D eigenvalue weighted by Gasteiger charge is -2.31. The summed E-state index contributed by atoms with van der Waals surface area (Å²) < 4.78 is 11.6. The Kier molecular flexibility index (Phi) is 4.51. The van der Waals surface area contributed by atoms with E-state index in [1.54, 1.807) is 17.3 Å². The fraction of sp³-hybridized carbons (Fsp3) is 0.143. The fourth-order valence-electron chi connectivity index (χ4n) is 2.89. The van der Waals surface area contributed by atoms with Crippen LogP contribution in [0.2, 0.25) is 0 Å². The number of amides is 1. The molecule has 1 atom stereocenters. The molecule has 0 saturated carbocycles. The van der Waals surface area contributed by atoms with Gasteiger partial charge in [-0.25, -0.2) is 0 Å². The molecule has 1 amide bonds. The number of aromatic nitrogens is 1. The number of para-hydroxylation sites is 3. The van der Waals surface area contributed by atoms with Gasteiger partial charge in [0.25, 0.3) is 5.91 Å². The molecule has 0 aliphatic carbocycles. The molecule has 1 aliphatic rings. The van der Waals surface area contributed by atoms with Crippen molar-refractivity contribution in [1.29, 1.82) is 0 Å². The third-order valence-corrected chi connectivity index (χ3v) is 4.21. The predicted octanol–water partition coefficient (Wildman–Crippen LogP) is 3.45. The zero-order chi connectivity index (χ0) is 17.8. The molecule has 4 rings (SSSR count). The molecule has 3 aromatic rings. The zero-order valence-electron chi connectivity index (χ0n) is 14.1. The van der Waals surface area contributed by atoms with Crippen molar-refractivity contribution in [2.45, 2.75) is 12.6 Å². The molecule has 0 unspecified atom stereocenters. The van der Waals surface area contributed by atoms with Crippen molar-refractivity contribution < 1.29 is 14.3 Å². The predicted molar refractivity (Wildman–Crippen MR) is 98.2 cm³/mol. The second-order valence-corrected chi connectivity index (χ2v) is 5.98. The van der Waals surface area contributed by atoms with Gasteiger partial charge in [-0.3, -0.25) is 9.78 Å². The number of hydrogen-bond acceptors (Lipinski definition) is 4. The highest BCUT2D eigenvalue weighted by Crippen LogP contribution is 2.32. The molecule has 0 bridgehead atoms. The summed E-state index contributed by atoms with van der Waals surface area (Å²) in [6, 6.07) is 20.8. The normalized spacial score (nSPS) is 15.3. The first-order valence-corrected chi connectivity index (χ1v) is 8.45. The van der Waals surface area contributed by atoms with E-state index in [1.165, 1.54) is 0 Å². The first-order chi connectivity index (χ1) is 12.8. The summed E-state index contributed by atoms with van der Waals surface area (Å²) in [5.74, 6) is 1.12. The zero-order valence-corrected chi connectivity index (χ0v) is 14.1. The van der Waals surface area contributed by atoms with E-state index in [0.717, 1.165) is 11.3 Å². The minimum Gasteiger partial charge on any atom is -0.485 e. The van der Waals surface area contributed by atoms with Gasteiger partial charge in [0, 0.05) is 18.1 Å². The lowest BCUT2D eigenvalue weighted by molar-refractivity contribution is -0.127. The van der Waals surface area contributed by atoms with E-state index in [9.17, 15) is 4.79 Å². The van der Waals surface area contributed by atoms with Crippen molar-refractivity contribution >= 4 is 11.6 Å². The number of hydrogen-bond donors (Lipinski definition) is 0. The molecule has 1 aliphatic heterocycles. The maximum Gasteiger partial charge on any atom is 0.271 e. The smallest absolute Gasteiger partial charge is 0.271 e. The number of carbonyl (C=O) groups excluding carboxylic acids is 1. The summed E-state index contributed by atoms with van der Waals surface area (Å²) in [5.41, 5.74) is 1.81. The Labute approximate surface area is 151 Å². The molecule has 0 spiro atoms. The minimum absolute atomic E-state index is 0.137. The Morgan fingerprint density at radius 3 is 2.42 bits per heavy atom. The number of rotatable bonds is 4. The van der Waals surface area contributed by atoms with Crippen molar-refractivity contribution in [3.63, 3.8) is 0 Å². The quantitative estimate of drug-likeness (QED) is 0.726. The lowest BCUT2D eigenvalue weighted by atomic mass is 10.2. The first kappa shape index (κ1) is 16.1. The van der Waals surface area contributed by atoms with E-state index >= 15 is 0 Å². The van der Waals surface area contributed by atoms with Crippen LogP contribution in [0.1, 0.15) is 5.56 Å². The highest BCUT2D eigenvalue weighted by Gasteiger charge is 2.31. The van der Waals surface area contributed by atoms with Crippen molar-refractivity contribution in [2.75, 3.05) is 11.5 Å². The third kappa shape index (κ3) is 3.37.